The molecule has 0 radical (unpaired) electrons. The zero-order valence-electron chi connectivity index (χ0n) is 18.6. The lowest BCUT2D eigenvalue weighted by atomic mass is 10.2. The first-order chi connectivity index (χ1) is 16.3. The Bertz CT molecular complexity index is 1460. The first-order valence-electron chi connectivity index (χ1n) is 10.5. The van der Waals surface area contributed by atoms with Crippen molar-refractivity contribution in [1.82, 2.24) is 29.7 Å². The van der Waals surface area contributed by atoms with Crippen molar-refractivity contribution in [3.8, 4) is 11.4 Å². The normalized spacial score (nSPS) is 13.1. The third kappa shape index (κ3) is 4.76. The Balaban J connectivity index is 1.39. The fourth-order valence-electron chi connectivity index (χ4n) is 3.62. The average molecular weight is 478 g/mol. The molecule has 0 fully saturated rings. The molecule has 0 aliphatic carbocycles. The molecular weight excluding hydrogens is 454 g/mol. The molecule has 3 aromatic heterocycles. The van der Waals surface area contributed by atoms with E-state index in [-0.39, 0.29) is 0 Å². The second-order valence-corrected chi connectivity index (χ2v) is 9.64. The Labute approximate surface area is 196 Å². The number of fused-ring (bicyclic) bond motifs is 1. The number of rotatable bonds is 7. The van der Waals surface area contributed by atoms with Crippen LogP contribution in [0, 0.1) is 6.92 Å². The van der Waals surface area contributed by atoms with Crippen molar-refractivity contribution in [2.24, 2.45) is 0 Å². The summed E-state index contributed by atoms with van der Waals surface area (Å²) in [5, 5.41) is 7.58. The minimum absolute atomic E-state index is 0.434. The Hall–Kier alpha value is -4.19. The molecule has 0 unspecified atom stereocenters. The first kappa shape index (κ1) is 21.6. The van der Waals surface area contributed by atoms with E-state index in [0.29, 0.717) is 18.9 Å². The van der Waals surface area contributed by atoms with E-state index in [4.69, 9.17) is 4.98 Å². The number of aromatic nitrogens is 6. The van der Waals surface area contributed by atoms with Crippen LogP contribution in [0.2, 0.25) is 0 Å². The maximum Gasteiger partial charge on any atom is 0.229 e. The van der Waals surface area contributed by atoms with E-state index in [2.05, 4.69) is 30.1 Å². The minimum atomic E-state index is -3.31. The number of sulfonamides is 1. The molecule has 12 heteroatoms. The lowest BCUT2D eigenvalue weighted by Crippen LogP contribution is -2.26. The summed E-state index contributed by atoms with van der Waals surface area (Å²) in [5.41, 5.74) is 3.85. The lowest BCUT2D eigenvalue weighted by molar-refractivity contribution is 0.600. The van der Waals surface area contributed by atoms with E-state index in [1.54, 1.807) is 28.9 Å². The van der Waals surface area contributed by atoms with Gasteiger partial charge in [0.15, 0.2) is 11.6 Å². The zero-order valence-corrected chi connectivity index (χ0v) is 19.4. The molecule has 11 nitrogen and oxygen atoms in total. The van der Waals surface area contributed by atoms with Crippen molar-refractivity contribution in [2.75, 3.05) is 21.2 Å². The van der Waals surface area contributed by atoms with Gasteiger partial charge in [0.2, 0.25) is 10.0 Å². The average Bonchev–Trinajstić information content (AvgIpc) is 3.44. The Morgan fingerprint density at radius 2 is 1.88 bits per heavy atom. The van der Waals surface area contributed by atoms with Gasteiger partial charge in [0.05, 0.1) is 18.5 Å². The second kappa shape index (κ2) is 8.63. The number of pyridine rings is 1. The highest BCUT2D eigenvalue weighted by atomic mass is 32.2. The van der Waals surface area contributed by atoms with E-state index in [0.717, 1.165) is 46.5 Å². The summed E-state index contributed by atoms with van der Waals surface area (Å²) in [4.78, 5) is 19.1. The van der Waals surface area contributed by atoms with Crippen LogP contribution in [0.1, 0.15) is 17.3 Å². The molecule has 0 atom stereocenters. The molecule has 3 N–H and O–H groups in total. The molecule has 0 spiro atoms. The number of hydrogen-bond acceptors (Lipinski definition) is 8. The van der Waals surface area contributed by atoms with Gasteiger partial charge < -0.3 is 15.2 Å². The highest BCUT2D eigenvalue weighted by molar-refractivity contribution is 7.92. The molecule has 0 amide bonds. The number of hydrogen-bond donors (Lipinski definition) is 3. The predicted molar refractivity (Wildman–Crippen MR) is 130 cm³/mol. The maximum atomic E-state index is 11.4. The van der Waals surface area contributed by atoms with Gasteiger partial charge >= 0.3 is 0 Å². The second-order valence-electron chi connectivity index (χ2n) is 7.90. The number of imidazole rings is 1. The molecule has 4 heterocycles. The van der Waals surface area contributed by atoms with Crippen LogP contribution in [0.3, 0.4) is 0 Å². The molecule has 0 saturated carbocycles. The summed E-state index contributed by atoms with van der Waals surface area (Å²) in [6.45, 7) is 2.87. The quantitative estimate of drug-likeness (QED) is 0.370. The molecular formula is C22H23N9O2S. The molecule has 4 aromatic rings. The van der Waals surface area contributed by atoms with Crippen molar-refractivity contribution < 1.29 is 8.42 Å². The van der Waals surface area contributed by atoms with Gasteiger partial charge in [0.1, 0.15) is 24.5 Å². The van der Waals surface area contributed by atoms with Crippen LogP contribution < -0.4 is 14.9 Å². The molecule has 1 aromatic carbocycles. The van der Waals surface area contributed by atoms with Crippen LogP contribution in [0.4, 0.5) is 17.2 Å². The summed E-state index contributed by atoms with van der Waals surface area (Å²) in [7, 11) is -3.31. The van der Waals surface area contributed by atoms with Gasteiger partial charge in [-0.15, -0.1) is 0 Å². The topological polar surface area (TPSA) is 134 Å². The summed E-state index contributed by atoms with van der Waals surface area (Å²) >= 11 is 0. The Morgan fingerprint density at radius 1 is 1.09 bits per heavy atom. The molecule has 34 heavy (non-hydrogen) atoms. The van der Waals surface area contributed by atoms with Gasteiger partial charge in [-0.2, -0.15) is 5.10 Å². The van der Waals surface area contributed by atoms with E-state index in [1.807, 2.05) is 42.3 Å². The van der Waals surface area contributed by atoms with Gasteiger partial charge in [-0.3, -0.25) is 9.71 Å². The molecule has 0 saturated heterocycles. The largest absolute Gasteiger partial charge is 0.378 e. The number of H-pyrrole nitrogens is 1. The van der Waals surface area contributed by atoms with Crippen molar-refractivity contribution in [3.05, 3.63) is 72.3 Å². The summed E-state index contributed by atoms with van der Waals surface area (Å²) in [5.74, 6) is 2.25. The van der Waals surface area contributed by atoms with Gasteiger partial charge in [-0.05, 0) is 49.4 Å². The SMILES string of the molecule is Cc1cccc(-c2[nH]c(CNc3ccc(NS(C)(=O)=O)cc3)nc2N2C=Cc3ncnn3C2)n1. The molecule has 5 rings (SSSR count). The fourth-order valence-corrected chi connectivity index (χ4v) is 4.18. The number of nitrogens with one attached hydrogen (secondary N) is 3. The van der Waals surface area contributed by atoms with Gasteiger partial charge in [-0.1, -0.05) is 6.07 Å². The summed E-state index contributed by atoms with van der Waals surface area (Å²) in [6, 6.07) is 12.9. The van der Waals surface area contributed by atoms with Crippen LogP contribution in [0.25, 0.3) is 17.5 Å². The minimum Gasteiger partial charge on any atom is -0.378 e. The highest BCUT2D eigenvalue weighted by Crippen LogP contribution is 2.30. The zero-order chi connectivity index (χ0) is 23.7. The van der Waals surface area contributed by atoms with Crippen LogP contribution in [-0.2, 0) is 23.2 Å². The van der Waals surface area contributed by atoms with E-state index >= 15 is 0 Å². The van der Waals surface area contributed by atoms with Gasteiger partial charge in [0, 0.05) is 23.3 Å². The van der Waals surface area contributed by atoms with Crippen molar-refractivity contribution in [2.45, 2.75) is 20.1 Å². The lowest BCUT2D eigenvalue weighted by Gasteiger charge is -2.22. The number of aryl methyl sites for hydroxylation is 1. The monoisotopic (exact) mass is 477 g/mol. The van der Waals surface area contributed by atoms with Gasteiger partial charge in [-0.25, -0.2) is 23.1 Å². The Kier molecular flexibility index (Phi) is 5.49. The maximum absolute atomic E-state index is 11.4. The molecule has 0 bridgehead atoms. The number of nitrogens with zero attached hydrogens (tertiary/aromatic N) is 6. The van der Waals surface area contributed by atoms with Crippen LogP contribution >= 0.6 is 0 Å². The third-order valence-corrected chi connectivity index (χ3v) is 5.74. The van der Waals surface area contributed by atoms with Gasteiger partial charge in [0.25, 0.3) is 0 Å². The number of aromatic amines is 1. The number of anilines is 3. The van der Waals surface area contributed by atoms with E-state index < -0.39 is 10.0 Å². The van der Waals surface area contributed by atoms with E-state index in [1.165, 1.54) is 6.33 Å². The number of benzene rings is 1. The first-order valence-corrected chi connectivity index (χ1v) is 12.4. The standard InChI is InChI=1S/C22H23N9O2S/c1-15-4-3-5-18(26-15)21-22(30-11-10-20-24-13-25-31(20)14-30)28-19(27-21)12-23-16-6-8-17(9-7-16)29-34(2,32)33/h3-11,13,23,29H,12,14H2,1-2H3,(H,27,28). The predicted octanol–water partition coefficient (Wildman–Crippen LogP) is 2.80. The van der Waals surface area contributed by atoms with Crippen molar-refractivity contribution in [1.29, 1.82) is 0 Å². The Morgan fingerprint density at radius 3 is 2.65 bits per heavy atom. The molecule has 1 aliphatic rings. The van der Waals surface area contributed by atoms with Crippen LogP contribution in [0.15, 0.2) is 55.0 Å². The smallest absolute Gasteiger partial charge is 0.229 e. The van der Waals surface area contributed by atoms with E-state index in [9.17, 15) is 8.42 Å². The van der Waals surface area contributed by atoms with Crippen molar-refractivity contribution in [3.63, 3.8) is 0 Å². The molecule has 174 valence electrons. The highest BCUT2D eigenvalue weighted by Gasteiger charge is 2.21. The molecule has 1 aliphatic heterocycles. The van der Waals surface area contributed by atoms with Crippen molar-refractivity contribution >= 4 is 33.3 Å². The summed E-state index contributed by atoms with van der Waals surface area (Å²) in [6.07, 6.45) is 6.48. The fraction of sp³-hybridized carbons (Fsp3) is 0.182. The third-order valence-electron chi connectivity index (χ3n) is 5.13. The summed E-state index contributed by atoms with van der Waals surface area (Å²) < 4.78 is 27.0. The van der Waals surface area contributed by atoms with Crippen LogP contribution in [0.5, 0.6) is 0 Å². The van der Waals surface area contributed by atoms with Crippen LogP contribution in [-0.4, -0.2) is 44.4 Å².